The van der Waals surface area contributed by atoms with Crippen LogP contribution in [0.25, 0.3) is 11.1 Å². The van der Waals surface area contributed by atoms with Crippen molar-refractivity contribution in [1.82, 2.24) is 4.90 Å². The summed E-state index contributed by atoms with van der Waals surface area (Å²) in [6, 6.07) is 22.6. The molecule has 1 saturated heterocycles. The fraction of sp³-hybridized carbons (Fsp3) is 0.257. The summed E-state index contributed by atoms with van der Waals surface area (Å²) in [7, 11) is 0. The molecule has 0 saturated carbocycles. The number of amides is 3. The Morgan fingerprint density at radius 2 is 1.43 bits per heavy atom. The van der Waals surface area contributed by atoms with E-state index >= 15 is 0 Å². The highest BCUT2D eigenvalue weighted by atomic mass is 19.4. The molecule has 0 aromatic heterocycles. The molecule has 7 nitrogen and oxygen atoms in total. The quantitative estimate of drug-likeness (QED) is 0.186. The van der Waals surface area contributed by atoms with Gasteiger partial charge in [-0.2, -0.15) is 0 Å². The number of benzene rings is 4. The van der Waals surface area contributed by atoms with Crippen LogP contribution in [0.1, 0.15) is 41.3 Å². The number of hydrogen-bond acceptors (Lipinski definition) is 4. The Labute approximate surface area is 268 Å². The number of alkyl halides is 5. The van der Waals surface area contributed by atoms with Crippen molar-refractivity contribution >= 4 is 23.3 Å². The molecule has 0 atom stereocenters. The number of nitrogens with one attached hydrogen (secondary N) is 2. The molecular formula is C35H32F5N3O4. The summed E-state index contributed by atoms with van der Waals surface area (Å²) in [5, 5.41) is 5.56. The lowest BCUT2D eigenvalue weighted by atomic mass is 9.94. The minimum atomic E-state index is -4.81. The first-order valence-electron chi connectivity index (χ1n) is 14.8. The second-order valence-corrected chi connectivity index (χ2v) is 11.3. The number of aryl methyl sites for hydroxylation is 1. The summed E-state index contributed by atoms with van der Waals surface area (Å²) in [5.74, 6) is -3.27. The van der Waals surface area contributed by atoms with E-state index in [2.05, 4.69) is 15.4 Å². The molecule has 1 aliphatic rings. The number of rotatable bonds is 8. The third kappa shape index (κ3) is 8.78. The molecule has 4 aromatic rings. The third-order valence-corrected chi connectivity index (χ3v) is 7.64. The largest absolute Gasteiger partial charge is 0.573 e. The molecule has 1 fully saturated rings. The molecule has 246 valence electrons. The van der Waals surface area contributed by atoms with Crippen LogP contribution >= 0.6 is 0 Å². The summed E-state index contributed by atoms with van der Waals surface area (Å²) in [6.45, 7) is 3.40. The van der Waals surface area contributed by atoms with Gasteiger partial charge in [-0.1, -0.05) is 42.5 Å². The topological polar surface area (TPSA) is 79.9 Å². The van der Waals surface area contributed by atoms with Gasteiger partial charge in [-0.05, 0) is 66.1 Å². The zero-order valence-electron chi connectivity index (χ0n) is 25.5. The average Bonchev–Trinajstić information content (AvgIpc) is 3.01. The van der Waals surface area contributed by atoms with Gasteiger partial charge in [0, 0.05) is 61.4 Å². The maximum Gasteiger partial charge on any atom is 0.573 e. The van der Waals surface area contributed by atoms with Crippen LogP contribution in [0.4, 0.5) is 38.1 Å². The third-order valence-electron chi connectivity index (χ3n) is 7.64. The van der Waals surface area contributed by atoms with E-state index in [1.165, 1.54) is 42.5 Å². The Kier molecular flexibility index (Phi) is 9.69. The lowest BCUT2D eigenvalue weighted by molar-refractivity contribution is -0.274. The molecule has 12 heteroatoms. The predicted molar refractivity (Wildman–Crippen MR) is 168 cm³/mol. The number of anilines is 2. The standard InChI is InChI=1S/C35H32F5N3O4/c1-22-6-3-11-30(31(22)23-12-14-28(15-13-23)47-35(38,39)40)32(44)41-26-9-5-10-29(21-26)46-27-16-18-43(19-17-27)33(45)42-25-8-4-7-24(20-25)34(2,36)37/h3-15,20-21,27H,16-19H2,1-2H3,(H,41,44)(H,42,45). The molecule has 0 bridgehead atoms. The van der Waals surface area contributed by atoms with Gasteiger partial charge in [0.2, 0.25) is 0 Å². The number of carbonyl (C=O) groups is 2. The van der Waals surface area contributed by atoms with Gasteiger partial charge in [0.15, 0.2) is 0 Å². The van der Waals surface area contributed by atoms with Gasteiger partial charge in [0.25, 0.3) is 11.8 Å². The van der Waals surface area contributed by atoms with E-state index in [1.807, 2.05) is 0 Å². The molecule has 0 radical (unpaired) electrons. The molecular weight excluding hydrogens is 621 g/mol. The summed E-state index contributed by atoms with van der Waals surface area (Å²) in [4.78, 5) is 27.8. The lowest BCUT2D eigenvalue weighted by Gasteiger charge is -2.32. The van der Waals surface area contributed by atoms with Gasteiger partial charge in [-0.15, -0.1) is 13.2 Å². The summed E-state index contributed by atoms with van der Waals surface area (Å²) >= 11 is 0. The predicted octanol–water partition coefficient (Wildman–Crippen LogP) is 9.00. The maximum absolute atomic E-state index is 13.7. The van der Waals surface area contributed by atoms with Gasteiger partial charge in [-0.25, -0.2) is 13.6 Å². The zero-order valence-corrected chi connectivity index (χ0v) is 25.5. The molecule has 1 heterocycles. The van der Waals surface area contributed by atoms with E-state index in [0.717, 1.165) is 12.5 Å². The number of likely N-dealkylation sites (tertiary alicyclic amines) is 1. The van der Waals surface area contributed by atoms with Crippen molar-refractivity contribution < 1.29 is 41.0 Å². The van der Waals surface area contributed by atoms with E-state index < -0.39 is 18.2 Å². The normalized spacial score (nSPS) is 14.0. The minimum Gasteiger partial charge on any atom is -0.490 e. The highest BCUT2D eigenvalue weighted by molar-refractivity contribution is 6.09. The van der Waals surface area contributed by atoms with E-state index in [-0.39, 0.29) is 29.1 Å². The number of ether oxygens (including phenoxy) is 2. The molecule has 47 heavy (non-hydrogen) atoms. The summed E-state index contributed by atoms with van der Waals surface area (Å²) < 4.78 is 75.3. The number of halogens is 5. The number of hydrogen-bond donors (Lipinski definition) is 2. The Balaban J connectivity index is 1.19. The van der Waals surface area contributed by atoms with E-state index in [4.69, 9.17) is 4.74 Å². The Bertz CT molecular complexity index is 1730. The highest BCUT2D eigenvalue weighted by Gasteiger charge is 2.31. The van der Waals surface area contributed by atoms with E-state index in [1.54, 1.807) is 60.4 Å². The molecule has 5 rings (SSSR count). The second-order valence-electron chi connectivity index (χ2n) is 11.3. The van der Waals surface area contributed by atoms with Crippen LogP contribution in [0, 0.1) is 6.92 Å². The number of nitrogens with zero attached hydrogens (tertiary/aromatic N) is 1. The lowest BCUT2D eigenvalue weighted by Crippen LogP contribution is -2.43. The van der Waals surface area contributed by atoms with Crippen LogP contribution in [0.15, 0.2) is 91.0 Å². The Morgan fingerprint density at radius 1 is 0.787 bits per heavy atom. The summed E-state index contributed by atoms with van der Waals surface area (Å²) in [6.07, 6.45) is -3.93. The SMILES string of the molecule is Cc1cccc(C(=O)Nc2cccc(OC3CCN(C(=O)Nc4cccc(C(C)(F)F)c4)CC3)c2)c1-c1ccc(OC(F)(F)F)cc1. The Hall–Kier alpha value is -5.13. The molecule has 4 aromatic carbocycles. The second kappa shape index (κ2) is 13.7. The van der Waals surface area contributed by atoms with Crippen LogP contribution in [0.2, 0.25) is 0 Å². The van der Waals surface area contributed by atoms with Crippen molar-refractivity contribution in [3.63, 3.8) is 0 Å². The van der Waals surface area contributed by atoms with Gasteiger partial charge in [-0.3, -0.25) is 4.79 Å². The van der Waals surface area contributed by atoms with Gasteiger partial charge in [0.05, 0.1) is 0 Å². The summed E-state index contributed by atoms with van der Waals surface area (Å²) in [5.41, 5.74) is 2.80. The number of piperidine rings is 1. The molecule has 0 aliphatic carbocycles. The van der Waals surface area contributed by atoms with Crippen molar-refractivity contribution in [1.29, 1.82) is 0 Å². The smallest absolute Gasteiger partial charge is 0.490 e. The Morgan fingerprint density at radius 3 is 2.09 bits per heavy atom. The number of urea groups is 1. The fourth-order valence-electron chi connectivity index (χ4n) is 5.35. The first-order chi connectivity index (χ1) is 22.2. The van der Waals surface area contributed by atoms with Crippen molar-refractivity contribution in [2.24, 2.45) is 0 Å². The maximum atomic E-state index is 13.7. The van der Waals surface area contributed by atoms with Crippen LogP contribution in [0.3, 0.4) is 0 Å². The highest BCUT2D eigenvalue weighted by Crippen LogP contribution is 2.32. The molecule has 3 amide bonds. The zero-order chi connectivity index (χ0) is 33.8. The molecule has 0 unspecified atom stereocenters. The van der Waals surface area contributed by atoms with Gasteiger partial charge in [0.1, 0.15) is 17.6 Å². The van der Waals surface area contributed by atoms with Crippen LogP contribution in [0.5, 0.6) is 11.5 Å². The van der Waals surface area contributed by atoms with E-state index in [0.29, 0.717) is 54.1 Å². The molecule has 1 aliphatic heterocycles. The monoisotopic (exact) mass is 653 g/mol. The van der Waals surface area contributed by atoms with Crippen molar-refractivity contribution in [2.45, 2.75) is 45.1 Å². The van der Waals surface area contributed by atoms with Crippen molar-refractivity contribution in [2.75, 3.05) is 23.7 Å². The number of carbonyl (C=O) groups excluding carboxylic acids is 2. The minimum absolute atomic E-state index is 0.187. The van der Waals surface area contributed by atoms with Crippen molar-refractivity contribution in [3.05, 3.63) is 108 Å². The first-order valence-corrected chi connectivity index (χ1v) is 14.8. The van der Waals surface area contributed by atoms with Gasteiger partial charge < -0.3 is 25.0 Å². The molecule has 2 N–H and O–H groups in total. The fourth-order valence-corrected chi connectivity index (χ4v) is 5.35. The van der Waals surface area contributed by atoms with Crippen LogP contribution in [-0.2, 0) is 5.92 Å². The molecule has 0 spiro atoms. The average molecular weight is 654 g/mol. The van der Waals surface area contributed by atoms with Crippen molar-refractivity contribution in [3.8, 4) is 22.6 Å². The van der Waals surface area contributed by atoms with Crippen LogP contribution in [-0.4, -0.2) is 42.4 Å². The van der Waals surface area contributed by atoms with Gasteiger partial charge >= 0.3 is 12.4 Å². The first kappa shape index (κ1) is 33.2. The van der Waals surface area contributed by atoms with Crippen LogP contribution < -0.4 is 20.1 Å². The van der Waals surface area contributed by atoms with E-state index in [9.17, 15) is 31.5 Å².